The molecule has 0 aliphatic rings. The van der Waals surface area contributed by atoms with E-state index < -0.39 is 5.92 Å². The van der Waals surface area contributed by atoms with Gasteiger partial charge in [-0.25, -0.2) is 0 Å². The highest BCUT2D eigenvalue weighted by atomic mass is 16.5. The normalized spacial score (nSPS) is 11.7. The molecular weight excluding hydrogens is 246 g/mol. The highest BCUT2D eigenvalue weighted by Crippen LogP contribution is 2.48. The van der Waals surface area contributed by atoms with Crippen molar-refractivity contribution >= 4 is 0 Å². The van der Waals surface area contributed by atoms with Crippen LogP contribution in [0.3, 0.4) is 0 Å². The maximum atomic E-state index is 10.0. The fourth-order valence-electron chi connectivity index (χ4n) is 2.01. The lowest BCUT2D eigenvalue weighted by atomic mass is 9.93. The summed E-state index contributed by atoms with van der Waals surface area (Å²) in [5.41, 5.74) is 0.481. The predicted molar refractivity (Wildman–Crippen MR) is 70.8 cm³/mol. The van der Waals surface area contributed by atoms with Crippen LogP contribution < -0.4 is 9.47 Å². The van der Waals surface area contributed by atoms with Gasteiger partial charge in [-0.3, -0.25) is 0 Å². The zero-order valence-corrected chi connectivity index (χ0v) is 11.4. The van der Waals surface area contributed by atoms with Crippen LogP contribution >= 0.6 is 0 Å². The Morgan fingerprint density at radius 1 is 1.26 bits per heavy atom. The molecule has 0 fully saturated rings. The van der Waals surface area contributed by atoms with Crippen LogP contribution in [-0.4, -0.2) is 24.4 Å². The van der Waals surface area contributed by atoms with E-state index in [9.17, 15) is 15.5 Å². The molecule has 1 aromatic rings. The zero-order chi connectivity index (χ0) is 14.4. The van der Waals surface area contributed by atoms with Crippen molar-refractivity contribution in [1.29, 1.82) is 5.26 Å². The van der Waals surface area contributed by atoms with E-state index in [0.29, 0.717) is 12.0 Å². The number of phenols is 2. The van der Waals surface area contributed by atoms with Crippen molar-refractivity contribution in [3.63, 3.8) is 0 Å². The first kappa shape index (κ1) is 15.0. The van der Waals surface area contributed by atoms with Crippen molar-refractivity contribution in [1.82, 2.24) is 0 Å². The standard InChI is InChI=1S/C14H19NO4/c1-4-5-6-9(8-15)10-7-11(16)14(19-3)12(17)13(10)18-2/h7,9,16-17H,4-6H2,1-3H3. The van der Waals surface area contributed by atoms with Crippen LogP contribution in [0.15, 0.2) is 6.07 Å². The lowest BCUT2D eigenvalue weighted by Gasteiger charge is -2.17. The number of hydrogen-bond acceptors (Lipinski definition) is 5. The number of methoxy groups -OCH3 is 2. The van der Waals surface area contributed by atoms with E-state index in [1.165, 1.54) is 20.3 Å². The van der Waals surface area contributed by atoms with Crippen molar-refractivity contribution < 1.29 is 19.7 Å². The molecule has 0 saturated heterocycles. The molecule has 5 heteroatoms. The number of rotatable bonds is 6. The van der Waals surface area contributed by atoms with Gasteiger partial charge in [-0.05, 0) is 12.5 Å². The number of nitriles is 1. The van der Waals surface area contributed by atoms with Crippen molar-refractivity contribution in [3.05, 3.63) is 11.6 Å². The molecule has 0 aromatic heterocycles. The van der Waals surface area contributed by atoms with Crippen LogP contribution in [0, 0.1) is 11.3 Å². The minimum Gasteiger partial charge on any atom is -0.504 e. The molecule has 104 valence electrons. The monoisotopic (exact) mass is 265 g/mol. The molecule has 0 radical (unpaired) electrons. The van der Waals surface area contributed by atoms with Crippen LogP contribution in [-0.2, 0) is 0 Å². The number of benzene rings is 1. The summed E-state index contributed by atoms with van der Waals surface area (Å²) in [6.07, 6.45) is 2.50. The SMILES string of the molecule is CCCCC(C#N)c1cc(O)c(OC)c(O)c1OC. The summed E-state index contributed by atoms with van der Waals surface area (Å²) in [6, 6.07) is 3.59. The van der Waals surface area contributed by atoms with Gasteiger partial charge >= 0.3 is 0 Å². The maximum absolute atomic E-state index is 10.0. The molecule has 0 amide bonds. The van der Waals surface area contributed by atoms with Crippen molar-refractivity contribution in [2.45, 2.75) is 32.1 Å². The Labute approximate surface area is 113 Å². The van der Waals surface area contributed by atoms with Crippen LogP contribution in [0.25, 0.3) is 0 Å². The first-order chi connectivity index (χ1) is 9.10. The molecule has 5 nitrogen and oxygen atoms in total. The van der Waals surface area contributed by atoms with Gasteiger partial charge in [-0.1, -0.05) is 19.8 Å². The number of phenolic OH excluding ortho intramolecular Hbond substituents is 2. The average molecular weight is 265 g/mol. The van der Waals surface area contributed by atoms with Gasteiger partial charge in [0.25, 0.3) is 0 Å². The van der Waals surface area contributed by atoms with E-state index >= 15 is 0 Å². The lowest BCUT2D eigenvalue weighted by Crippen LogP contribution is -2.01. The van der Waals surface area contributed by atoms with E-state index in [1.807, 2.05) is 6.92 Å². The topological polar surface area (TPSA) is 82.7 Å². The summed E-state index contributed by atoms with van der Waals surface area (Å²) < 4.78 is 10.0. The maximum Gasteiger partial charge on any atom is 0.206 e. The second-order valence-corrected chi connectivity index (χ2v) is 4.22. The Morgan fingerprint density at radius 2 is 1.89 bits per heavy atom. The third-order valence-corrected chi connectivity index (χ3v) is 3.00. The molecule has 1 unspecified atom stereocenters. The van der Waals surface area contributed by atoms with Crippen LogP contribution in [0.5, 0.6) is 23.0 Å². The van der Waals surface area contributed by atoms with E-state index in [1.54, 1.807) is 0 Å². The van der Waals surface area contributed by atoms with E-state index in [0.717, 1.165) is 12.8 Å². The summed E-state index contributed by atoms with van der Waals surface area (Å²) in [4.78, 5) is 0. The predicted octanol–water partition coefficient (Wildman–Crippen LogP) is 2.91. The third-order valence-electron chi connectivity index (χ3n) is 3.00. The van der Waals surface area contributed by atoms with E-state index in [-0.39, 0.29) is 23.0 Å². The van der Waals surface area contributed by atoms with Gasteiger partial charge in [-0.15, -0.1) is 0 Å². The molecule has 19 heavy (non-hydrogen) atoms. The molecule has 0 aliphatic heterocycles. The molecule has 0 saturated carbocycles. The molecule has 0 heterocycles. The fourth-order valence-corrected chi connectivity index (χ4v) is 2.01. The Morgan fingerprint density at radius 3 is 2.37 bits per heavy atom. The number of nitrogens with zero attached hydrogens (tertiary/aromatic N) is 1. The first-order valence-electron chi connectivity index (χ1n) is 6.17. The zero-order valence-electron chi connectivity index (χ0n) is 11.4. The molecule has 0 bridgehead atoms. The van der Waals surface area contributed by atoms with E-state index in [4.69, 9.17) is 9.47 Å². The highest BCUT2D eigenvalue weighted by Gasteiger charge is 2.24. The number of unbranched alkanes of at least 4 members (excludes halogenated alkanes) is 1. The van der Waals surface area contributed by atoms with Crippen LogP contribution in [0.4, 0.5) is 0 Å². The van der Waals surface area contributed by atoms with Crippen molar-refractivity contribution in [3.8, 4) is 29.1 Å². The van der Waals surface area contributed by atoms with Gasteiger partial charge in [0.2, 0.25) is 11.5 Å². The van der Waals surface area contributed by atoms with Crippen LogP contribution in [0.1, 0.15) is 37.7 Å². The molecule has 2 N–H and O–H groups in total. The minimum atomic E-state index is -0.433. The van der Waals surface area contributed by atoms with Gasteiger partial charge in [-0.2, -0.15) is 5.26 Å². The summed E-state index contributed by atoms with van der Waals surface area (Å²) in [6.45, 7) is 2.04. The first-order valence-corrected chi connectivity index (χ1v) is 6.17. The number of hydrogen-bond donors (Lipinski definition) is 2. The second kappa shape index (κ2) is 6.74. The van der Waals surface area contributed by atoms with Gasteiger partial charge < -0.3 is 19.7 Å². The summed E-state index contributed by atoms with van der Waals surface area (Å²) in [7, 11) is 2.75. The summed E-state index contributed by atoms with van der Waals surface area (Å²) >= 11 is 0. The van der Waals surface area contributed by atoms with Gasteiger partial charge in [0, 0.05) is 5.56 Å². The minimum absolute atomic E-state index is 0.0484. The molecule has 1 rings (SSSR count). The Kier molecular flexibility index (Phi) is 5.31. The quantitative estimate of drug-likeness (QED) is 0.826. The number of ether oxygens (including phenoxy) is 2. The molecule has 1 atom stereocenters. The van der Waals surface area contributed by atoms with Gasteiger partial charge in [0.15, 0.2) is 11.5 Å². The molecule has 1 aromatic carbocycles. The molecule has 0 spiro atoms. The van der Waals surface area contributed by atoms with Gasteiger partial charge in [0.05, 0.1) is 26.2 Å². The molecule has 0 aliphatic carbocycles. The Balaban J connectivity index is 3.30. The third kappa shape index (κ3) is 3.02. The largest absolute Gasteiger partial charge is 0.504 e. The number of aromatic hydroxyl groups is 2. The van der Waals surface area contributed by atoms with Crippen molar-refractivity contribution in [2.75, 3.05) is 14.2 Å². The molecular formula is C14H19NO4. The van der Waals surface area contributed by atoms with Crippen molar-refractivity contribution in [2.24, 2.45) is 0 Å². The van der Waals surface area contributed by atoms with Crippen LogP contribution in [0.2, 0.25) is 0 Å². The lowest BCUT2D eigenvalue weighted by molar-refractivity contribution is 0.319. The van der Waals surface area contributed by atoms with E-state index in [2.05, 4.69) is 6.07 Å². The average Bonchev–Trinajstić information content (AvgIpc) is 2.40. The Bertz CT molecular complexity index is 479. The summed E-state index contributed by atoms with van der Waals surface area (Å²) in [5, 5.41) is 29.0. The highest BCUT2D eigenvalue weighted by molar-refractivity contribution is 5.63. The second-order valence-electron chi connectivity index (χ2n) is 4.22. The summed E-state index contributed by atoms with van der Waals surface area (Å²) in [5.74, 6) is -0.785. The van der Waals surface area contributed by atoms with Gasteiger partial charge in [0.1, 0.15) is 0 Å². The Hall–Kier alpha value is -2.09. The smallest absolute Gasteiger partial charge is 0.206 e. The fraction of sp³-hybridized carbons (Fsp3) is 0.500.